The number of aromatic carboxylic acids is 3. The van der Waals surface area contributed by atoms with E-state index in [0.717, 1.165) is 12.1 Å². The van der Waals surface area contributed by atoms with E-state index in [0.29, 0.717) is 10.4 Å². The molecule has 3 aromatic carbocycles. The Morgan fingerprint density at radius 3 is 1.72 bits per heavy atom. The number of nitrogens with two attached hydrogens (primary N) is 2. The van der Waals surface area contributed by atoms with Gasteiger partial charge in [-0.2, -0.15) is 0 Å². The number of carboxylic acid groups (broad SMARTS) is 3. The number of fused-ring (bicyclic) bond motifs is 1. The van der Waals surface area contributed by atoms with Crippen molar-refractivity contribution in [3.05, 3.63) is 96.5 Å². The molecule has 0 bridgehead atoms. The maximum Gasteiger partial charge on any atom is 0.335 e. The number of halogens is 1. The highest BCUT2D eigenvalue weighted by Gasteiger charge is 2.16. The van der Waals surface area contributed by atoms with Crippen LogP contribution >= 0.6 is 11.6 Å². The van der Waals surface area contributed by atoms with Crippen LogP contribution in [0.25, 0.3) is 11.0 Å². The number of anilines is 1. The highest BCUT2D eigenvalue weighted by Crippen LogP contribution is 2.25. The zero-order chi connectivity index (χ0) is 32.9. The maximum absolute atomic E-state index is 10.5. The van der Waals surface area contributed by atoms with Gasteiger partial charge in [0, 0.05) is 12.1 Å². The van der Waals surface area contributed by atoms with Crippen molar-refractivity contribution in [2.75, 3.05) is 5.43 Å². The van der Waals surface area contributed by atoms with E-state index in [1.807, 2.05) is 0 Å². The minimum Gasteiger partial charge on any atom is -0.478 e. The second kappa shape index (κ2) is 16.3. The second-order valence-corrected chi connectivity index (χ2v) is 7.69. The molecule has 0 aliphatic heterocycles. The maximum atomic E-state index is 10.5. The quantitative estimate of drug-likeness (QED) is 0.0636. The van der Waals surface area contributed by atoms with Crippen molar-refractivity contribution < 1.29 is 50.0 Å². The molecule has 43 heavy (non-hydrogen) atoms. The van der Waals surface area contributed by atoms with Crippen molar-refractivity contribution in [2.24, 2.45) is 11.7 Å². The van der Waals surface area contributed by atoms with E-state index in [1.165, 1.54) is 48.1 Å². The summed E-state index contributed by atoms with van der Waals surface area (Å²) in [5, 5.41) is 69.5. The third-order valence-electron chi connectivity index (χ3n) is 4.66. The molecule has 0 saturated carbocycles. The first-order valence-electron chi connectivity index (χ1n) is 10.7. The molecular formula is C21H20ClN9O12. The topological polar surface area (TPSA) is 345 Å². The summed E-state index contributed by atoms with van der Waals surface area (Å²) in [6.07, 6.45) is 0. The molecule has 22 heteroatoms. The Labute approximate surface area is 242 Å². The van der Waals surface area contributed by atoms with Crippen LogP contribution in [0.3, 0.4) is 0 Å². The molecule has 0 unspecified atom stereocenters. The number of aromatic nitrogens is 3. The number of nitrogens with one attached hydrogen (secondary N) is 2. The lowest BCUT2D eigenvalue weighted by molar-refractivity contribution is -0.384. The molecule has 0 aliphatic carbocycles. The first-order chi connectivity index (χ1) is 20.2. The van der Waals surface area contributed by atoms with Crippen LogP contribution in [0.2, 0.25) is 5.02 Å². The number of benzene rings is 3. The predicted molar refractivity (Wildman–Crippen MR) is 144 cm³/mol. The minimum absolute atomic E-state index is 0.0694. The van der Waals surface area contributed by atoms with Crippen molar-refractivity contribution in [1.29, 1.82) is 0 Å². The Balaban J connectivity index is 0.000000308. The van der Waals surface area contributed by atoms with Crippen LogP contribution < -0.4 is 22.7 Å². The van der Waals surface area contributed by atoms with Crippen LogP contribution in [-0.4, -0.2) is 68.6 Å². The molecule has 0 aliphatic rings. The van der Waals surface area contributed by atoms with Crippen LogP contribution in [-0.2, 0) is 0 Å². The largest absolute Gasteiger partial charge is 0.478 e. The van der Waals surface area contributed by atoms with Crippen molar-refractivity contribution in [3.8, 4) is 0 Å². The van der Waals surface area contributed by atoms with Crippen molar-refractivity contribution >= 4 is 57.6 Å². The molecule has 11 N–H and O–H groups in total. The van der Waals surface area contributed by atoms with E-state index >= 15 is 0 Å². The number of carbonyl (C=O) groups is 3. The van der Waals surface area contributed by atoms with E-state index in [9.17, 15) is 34.6 Å². The molecule has 0 atom stereocenters. The number of nitrogen functional groups attached to an aromatic ring is 1. The average Bonchev–Trinajstić information content (AvgIpc) is 3.33. The zero-order valence-corrected chi connectivity index (χ0v) is 21.8. The van der Waals surface area contributed by atoms with Gasteiger partial charge in [-0.3, -0.25) is 26.1 Å². The summed E-state index contributed by atoms with van der Waals surface area (Å²) in [5.74, 6) is 5.67. The zero-order valence-electron chi connectivity index (χ0n) is 21.1. The summed E-state index contributed by atoms with van der Waals surface area (Å²) >= 11 is 5.46. The van der Waals surface area contributed by atoms with Gasteiger partial charge in [0.15, 0.2) is 0 Å². The number of nitrogens with zero attached hydrogens (tertiary/aromatic N) is 5. The molecule has 4 rings (SSSR count). The lowest BCUT2D eigenvalue weighted by atomic mass is 10.2. The van der Waals surface area contributed by atoms with E-state index in [2.05, 4.69) is 21.6 Å². The summed E-state index contributed by atoms with van der Waals surface area (Å²) in [7, 11) is 0. The van der Waals surface area contributed by atoms with Gasteiger partial charge in [-0.05, 0) is 47.7 Å². The molecule has 228 valence electrons. The van der Waals surface area contributed by atoms with Gasteiger partial charge < -0.3 is 31.2 Å². The fraction of sp³-hybridized carbons (Fsp3) is 0. The predicted octanol–water partition coefficient (Wildman–Crippen LogP) is 1.73. The number of nitro groups is 2. The normalized spacial score (nSPS) is 9.58. The molecule has 0 radical (unpaired) electrons. The van der Waals surface area contributed by atoms with Crippen LogP contribution in [0.5, 0.6) is 0 Å². The Morgan fingerprint density at radius 1 is 0.814 bits per heavy atom. The van der Waals surface area contributed by atoms with Gasteiger partial charge in [0.1, 0.15) is 21.7 Å². The summed E-state index contributed by atoms with van der Waals surface area (Å²) in [4.78, 5) is 51.4. The average molecular weight is 626 g/mol. The summed E-state index contributed by atoms with van der Waals surface area (Å²) in [6.45, 7) is 0. The lowest BCUT2D eigenvalue weighted by Gasteiger charge is -2.01. The van der Waals surface area contributed by atoms with E-state index in [1.54, 1.807) is 0 Å². The second-order valence-electron chi connectivity index (χ2n) is 7.28. The van der Waals surface area contributed by atoms with Crippen molar-refractivity contribution in [1.82, 2.24) is 20.7 Å². The molecule has 4 aromatic rings. The first-order valence-corrected chi connectivity index (χ1v) is 11.1. The smallest absolute Gasteiger partial charge is 0.335 e. The molecule has 1 aromatic heterocycles. The standard InChI is InChI=1S/C7H4ClNO4.C7H7N3O4.C7H5N3O3.H4N2O/c8-5-2-1-4(7(10)11)3-6(5)9(12)13;8-9-5-2-1-4(7(11)12)3-6(5)10(13)14;11-7(12)4-1-2-5-6(3-4)10(13)9-8-5;1-2-3/h1-3H,(H,10,11);1-3,9H,8H2,(H,11,12);1-3,13H,(H,11,12);2-3H,1H2. The van der Waals surface area contributed by atoms with Crippen LogP contribution in [0, 0.1) is 20.2 Å². The van der Waals surface area contributed by atoms with Gasteiger partial charge in [0.05, 0.1) is 26.5 Å². The summed E-state index contributed by atoms with van der Waals surface area (Å²) in [6, 6.07) is 10.9. The number of hydrogen-bond donors (Lipinski definition) is 9. The fourth-order valence-electron chi connectivity index (χ4n) is 2.76. The summed E-state index contributed by atoms with van der Waals surface area (Å²) in [5.41, 5.74) is 3.16. The van der Waals surface area contributed by atoms with Gasteiger partial charge >= 0.3 is 17.9 Å². The molecule has 21 nitrogen and oxygen atoms in total. The molecule has 1 heterocycles. The third-order valence-corrected chi connectivity index (χ3v) is 4.98. The van der Waals surface area contributed by atoms with Crippen LogP contribution in [0.15, 0.2) is 54.6 Å². The Bertz CT molecular complexity index is 1650. The lowest BCUT2D eigenvalue weighted by Crippen LogP contribution is -2.14. The van der Waals surface area contributed by atoms with Gasteiger partial charge in [0.25, 0.3) is 11.4 Å². The number of nitro benzene ring substituents is 2. The van der Waals surface area contributed by atoms with Gasteiger partial charge in [-0.25, -0.2) is 20.2 Å². The monoisotopic (exact) mass is 625 g/mol. The Kier molecular flexibility index (Phi) is 13.3. The number of rotatable bonds is 6. The summed E-state index contributed by atoms with van der Waals surface area (Å²) < 4.78 is 0. The molecular weight excluding hydrogens is 606 g/mol. The van der Waals surface area contributed by atoms with Gasteiger partial charge in [0.2, 0.25) is 0 Å². The Hall–Kier alpha value is -6.00. The Morgan fingerprint density at radius 2 is 1.26 bits per heavy atom. The molecule has 0 saturated heterocycles. The number of carboxylic acids is 3. The van der Waals surface area contributed by atoms with Crippen LogP contribution in [0.1, 0.15) is 31.1 Å². The van der Waals surface area contributed by atoms with E-state index in [-0.39, 0.29) is 38.6 Å². The van der Waals surface area contributed by atoms with E-state index in [4.69, 9.17) is 43.2 Å². The minimum atomic E-state index is -1.23. The van der Waals surface area contributed by atoms with Crippen molar-refractivity contribution in [3.63, 3.8) is 0 Å². The van der Waals surface area contributed by atoms with Crippen molar-refractivity contribution in [2.45, 2.75) is 0 Å². The first kappa shape index (κ1) is 35.0. The number of hydrazine groups is 2. The van der Waals surface area contributed by atoms with Gasteiger partial charge in [-0.15, -0.1) is 10.7 Å². The SMILES string of the molecule is NNO.NNc1ccc(C(=O)O)cc1[N+](=O)[O-].O=C(O)c1ccc(Cl)c([N+](=O)[O-])c1.O=C(O)c1ccc2nnn(O)c2c1. The molecule has 0 spiro atoms. The van der Waals surface area contributed by atoms with Gasteiger partial charge in [-0.1, -0.05) is 16.4 Å². The number of hydrogen-bond acceptors (Lipinski definition) is 15. The molecule has 0 amide bonds. The molecule has 0 fully saturated rings. The van der Waals surface area contributed by atoms with Crippen LogP contribution in [0.4, 0.5) is 17.1 Å². The third kappa shape index (κ3) is 10.2. The highest BCUT2D eigenvalue weighted by molar-refractivity contribution is 6.32. The highest BCUT2D eigenvalue weighted by atomic mass is 35.5. The fourth-order valence-corrected chi connectivity index (χ4v) is 2.95. The van der Waals surface area contributed by atoms with E-state index < -0.39 is 33.4 Å².